The average Bonchev–Trinajstić information content (AvgIpc) is 2.32. The molecule has 5 heteroatoms. The number of nitrogens with one attached hydrogen (secondary N) is 1. The summed E-state index contributed by atoms with van der Waals surface area (Å²) in [6.45, 7) is 0. The van der Waals surface area contributed by atoms with Crippen molar-refractivity contribution in [2.45, 2.75) is 0 Å². The molecule has 0 fully saturated rings. The number of hydrogen-bond donors (Lipinski definition) is 2. The highest BCUT2D eigenvalue weighted by atomic mass is 19.1. The van der Waals surface area contributed by atoms with Gasteiger partial charge in [0.1, 0.15) is 17.2 Å². The van der Waals surface area contributed by atoms with Gasteiger partial charge in [-0.1, -0.05) is 6.07 Å². The van der Waals surface area contributed by atoms with E-state index in [1.807, 2.05) is 0 Å². The van der Waals surface area contributed by atoms with Gasteiger partial charge in [0.15, 0.2) is 0 Å². The summed E-state index contributed by atoms with van der Waals surface area (Å²) >= 11 is 0. The molecule has 0 heterocycles. The van der Waals surface area contributed by atoms with Crippen LogP contribution in [0.5, 0.6) is 0 Å². The largest absolute Gasteiger partial charge is 0.399 e. The molecule has 0 bridgehead atoms. The quantitative estimate of drug-likeness (QED) is 0.803. The van der Waals surface area contributed by atoms with E-state index in [4.69, 9.17) is 5.73 Å². The van der Waals surface area contributed by atoms with Gasteiger partial charge >= 0.3 is 0 Å². The van der Waals surface area contributed by atoms with Gasteiger partial charge in [-0.05, 0) is 36.4 Å². The van der Waals surface area contributed by atoms with E-state index in [2.05, 4.69) is 5.32 Å². The number of nitrogens with two attached hydrogens (primary N) is 1. The minimum atomic E-state index is -0.900. The van der Waals surface area contributed by atoms with Crippen molar-refractivity contribution in [3.05, 3.63) is 59.7 Å². The van der Waals surface area contributed by atoms with Crippen molar-refractivity contribution in [1.82, 2.24) is 0 Å². The number of hydrogen-bond acceptors (Lipinski definition) is 2. The smallest absolute Gasteiger partial charge is 0.261 e. The standard InChI is InChI=1S/C13H10F2N2O/c14-10-2-1-3-11(15)12(10)13(18)17-9-6-4-8(16)5-7-9/h1-7H,16H2,(H,17,18). The lowest BCUT2D eigenvalue weighted by molar-refractivity contribution is 0.101. The average molecular weight is 248 g/mol. The van der Waals surface area contributed by atoms with Crippen molar-refractivity contribution in [2.75, 3.05) is 11.1 Å². The van der Waals surface area contributed by atoms with Gasteiger partial charge in [-0.25, -0.2) is 8.78 Å². The monoisotopic (exact) mass is 248 g/mol. The molecule has 0 radical (unpaired) electrons. The van der Waals surface area contributed by atoms with Crippen LogP contribution >= 0.6 is 0 Å². The molecule has 0 aliphatic rings. The first kappa shape index (κ1) is 12.0. The highest BCUT2D eigenvalue weighted by Crippen LogP contribution is 2.16. The van der Waals surface area contributed by atoms with Crippen molar-refractivity contribution in [2.24, 2.45) is 0 Å². The van der Waals surface area contributed by atoms with Crippen LogP contribution in [0.2, 0.25) is 0 Å². The van der Waals surface area contributed by atoms with Crippen LogP contribution in [0.25, 0.3) is 0 Å². The molecule has 0 spiro atoms. The van der Waals surface area contributed by atoms with E-state index in [9.17, 15) is 13.6 Å². The molecular weight excluding hydrogens is 238 g/mol. The molecule has 92 valence electrons. The first-order valence-corrected chi connectivity index (χ1v) is 5.19. The van der Waals surface area contributed by atoms with E-state index in [-0.39, 0.29) is 0 Å². The SMILES string of the molecule is Nc1ccc(NC(=O)c2c(F)cccc2F)cc1. The van der Waals surface area contributed by atoms with Crippen LogP contribution in [0.1, 0.15) is 10.4 Å². The lowest BCUT2D eigenvalue weighted by atomic mass is 10.1. The van der Waals surface area contributed by atoms with Crippen LogP contribution in [-0.4, -0.2) is 5.91 Å². The minimum absolute atomic E-state index is 0.414. The third-order valence-electron chi connectivity index (χ3n) is 2.36. The van der Waals surface area contributed by atoms with Crippen molar-refractivity contribution in [3.8, 4) is 0 Å². The zero-order valence-corrected chi connectivity index (χ0v) is 9.28. The number of rotatable bonds is 2. The predicted octanol–water partition coefficient (Wildman–Crippen LogP) is 2.80. The molecule has 2 rings (SSSR count). The van der Waals surface area contributed by atoms with Crippen LogP contribution < -0.4 is 11.1 Å². The molecule has 3 N–H and O–H groups in total. The van der Waals surface area contributed by atoms with Crippen LogP contribution in [0.15, 0.2) is 42.5 Å². The van der Waals surface area contributed by atoms with Gasteiger partial charge in [-0.2, -0.15) is 0 Å². The zero-order chi connectivity index (χ0) is 13.1. The third-order valence-corrected chi connectivity index (χ3v) is 2.36. The fourth-order valence-electron chi connectivity index (χ4n) is 1.47. The summed E-state index contributed by atoms with van der Waals surface area (Å²) in [6.07, 6.45) is 0. The van der Waals surface area contributed by atoms with E-state index in [1.54, 1.807) is 24.3 Å². The Kier molecular flexibility index (Phi) is 3.23. The van der Waals surface area contributed by atoms with Crippen LogP contribution in [0.4, 0.5) is 20.2 Å². The zero-order valence-electron chi connectivity index (χ0n) is 9.28. The third kappa shape index (κ3) is 2.45. The second kappa shape index (κ2) is 4.83. The number of carbonyl (C=O) groups is 1. The molecule has 18 heavy (non-hydrogen) atoms. The molecule has 2 aromatic carbocycles. The van der Waals surface area contributed by atoms with Crippen LogP contribution in [-0.2, 0) is 0 Å². The van der Waals surface area contributed by atoms with E-state index in [0.717, 1.165) is 12.1 Å². The van der Waals surface area contributed by atoms with E-state index in [0.29, 0.717) is 11.4 Å². The predicted molar refractivity (Wildman–Crippen MR) is 65.2 cm³/mol. The second-order valence-electron chi connectivity index (χ2n) is 3.67. The van der Waals surface area contributed by atoms with Gasteiger partial charge in [0.25, 0.3) is 5.91 Å². The number of nitrogen functional groups attached to an aromatic ring is 1. The Morgan fingerprint density at radius 2 is 1.56 bits per heavy atom. The number of carbonyl (C=O) groups excluding carboxylic acids is 1. The summed E-state index contributed by atoms with van der Waals surface area (Å²) < 4.78 is 26.7. The lowest BCUT2D eigenvalue weighted by Crippen LogP contribution is -2.15. The summed E-state index contributed by atoms with van der Waals surface area (Å²) in [4.78, 5) is 11.7. The number of halogens is 2. The van der Waals surface area contributed by atoms with Gasteiger partial charge in [0.05, 0.1) is 0 Å². The molecule has 0 atom stereocenters. The maximum Gasteiger partial charge on any atom is 0.261 e. The maximum atomic E-state index is 13.3. The first-order chi connectivity index (χ1) is 8.58. The summed E-state index contributed by atoms with van der Waals surface area (Å²) in [5.74, 6) is -2.64. The van der Waals surface area contributed by atoms with Crippen LogP contribution in [0.3, 0.4) is 0 Å². The highest BCUT2D eigenvalue weighted by Gasteiger charge is 2.16. The van der Waals surface area contributed by atoms with Gasteiger partial charge in [0, 0.05) is 11.4 Å². The first-order valence-electron chi connectivity index (χ1n) is 5.19. The summed E-state index contributed by atoms with van der Waals surface area (Å²) in [6, 6.07) is 9.51. The Hall–Kier alpha value is -2.43. The summed E-state index contributed by atoms with van der Waals surface area (Å²) in [5.41, 5.74) is 5.83. The molecule has 0 aliphatic heterocycles. The molecule has 2 aromatic rings. The van der Waals surface area contributed by atoms with Crippen LogP contribution in [0, 0.1) is 11.6 Å². The highest BCUT2D eigenvalue weighted by molar-refractivity contribution is 6.04. The van der Waals surface area contributed by atoms with Gasteiger partial charge in [-0.3, -0.25) is 4.79 Å². The van der Waals surface area contributed by atoms with E-state index < -0.39 is 23.1 Å². The normalized spacial score (nSPS) is 10.1. The Morgan fingerprint density at radius 1 is 1.00 bits per heavy atom. The molecule has 0 saturated carbocycles. The molecule has 0 aromatic heterocycles. The van der Waals surface area contributed by atoms with Gasteiger partial charge in [0.2, 0.25) is 0 Å². The number of amides is 1. The summed E-state index contributed by atoms with van der Waals surface area (Å²) in [5, 5.41) is 2.39. The topological polar surface area (TPSA) is 55.1 Å². The second-order valence-corrected chi connectivity index (χ2v) is 3.67. The molecular formula is C13H10F2N2O. The van der Waals surface area contributed by atoms with E-state index in [1.165, 1.54) is 6.07 Å². The molecule has 0 saturated heterocycles. The van der Waals surface area contributed by atoms with Gasteiger partial charge < -0.3 is 11.1 Å². The fourth-order valence-corrected chi connectivity index (χ4v) is 1.47. The maximum absolute atomic E-state index is 13.3. The molecule has 1 amide bonds. The molecule has 0 aliphatic carbocycles. The Balaban J connectivity index is 2.25. The van der Waals surface area contributed by atoms with Crippen molar-refractivity contribution < 1.29 is 13.6 Å². The Bertz CT molecular complexity index is 562. The number of anilines is 2. The number of benzene rings is 2. The summed E-state index contributed by atoms with van der Waals surface area (Å²) in [7, 11) is 0. The fraction of sp³-hybridized carbons (Fsp3) is 0. The Labute approximate surface area is 102 Å². The molecule has 3 nitrogen and oxygen atoms in total. The Morgan fingerprint density at radius 3 is 2.11 bits per heavy atom. The van der Waals surface area contributed by atoms with Crippen molar-refractivity contribution >= 4 is 17.3 Å². The van der Waals surface area contributed by atoms with E-state index >= 15 is 0 Å². The minimum Gasteiger partial charge on any atom is -0.399 e. The lowest BCUT2D eigenvalue weighted by Gasteiger charge is -2.07. The van der Waals surface area contributed by atoms with Crippen molar-refractivity contribution in [3.63, 3.8) is 0 Å². The molecule has 0 unspecified atom stereocenters. The van der Waals surface area contributed by atoms with Crippen molar-refractivity contribution in [1.29, 1.82) is 0 Å². The van der Waals surface area contributed by atoms with Gasteiger partial charge in [-0.15, -0.1) is 0 Å².